The predicted octanol–water partition coefficient (Wildman–Crippen LogP) is 0.935. The number of para-hydroxylation sites is 2. The number of ether oxygens (including phenoxy) is 1. The van der Waals surface area contributed by atoms with Crippen molar-refractivity contribution in [3.63, 3.8) is 0 Å². The number of aliphatic hydroxyl groups is 1. The van der Waals surface area contributed by atoms with E-state index in [0.717, 1.165) is 0 Å². The molecular formula is C21H26N4O5S. The maximum Gasteiger partial charge on any atom is 0.322 e. The molecule has 1 saturated heterocycles. The van der Waals surface area contributed by atoms with Gasteiger partial charge in [-0.25, -0.2) is 17.9 Å². The van der Waals surface area contributed by atoms with E-state index in [-0.39, 0.29) is 42.4 Å². The maximum absolute atomic E-state index is 12.8. The monoisotopic (exact) mass is 446 g/mol. The van der Waals surface area contributed by atoms with Gasteiger partial charge in [0.15, 0.2) is 0 Å². The van der Waals surface area contributed by atoms with Gasteiger partial charge in [-0.05, 0) is 31.3 Å². The maximum atomic E-state index is 12.8. The highest BCUT2D eigenvalue weighted by atomic mass is 32.2. The van der Waals surface area contributed by atoms with Crippen LogP contribution in [0, 0.1) is 0 Å². The average molecular weight is 447 g/mol. The van der Waals surface area contributed by atoms with Gasteiger partial charge in [-0.15, -0.1) is 0 Å². The van der Waals surface area contributed by atoms with Gasteiger partial charge in [0, 0.05) is 25.3 Å². The molecule has 0 aromatic heterocycles. The van der Waals surface area contributed by atoms with Crippen molar-refractivity contribution in [1.82, 2.24) is 14.5 Å². The standard InChI is InChI=1S/C21H26N4O5S/c1-24-12-16(26)11-22-31(28,29)20-10-6-5-9-18(20)30-19-14-25(13-17(19)24)21(27)23-15-7-3-2-4-8-15/h2-10,16-17,19,22,26H,11-14H2,1H3,(H,23,27)/t16-,17+,19-/m0/s1. The summed E-state index contributed by atoms with van der Waals surface area (Å²) in [4.78, 5) is 16.4. The van der Waals surface area contributed by atoms with Gasteiger partial charge in [0.2, 0.25) is 10.0 Å². The molecule has 31 heavy (non-hydrogen) atoms. The van der Waals surface area contributed by atoms with Crippen LogP contribution in [0.15, 0.2) is 59.5 Å². The Bertz CT molecular complexity index is 1030. The Morgan fingerprint density at radius 2 is 1.81 bits per heavy atom. The third-order valence-corrected chi connectivity index (χ3v) is 7.00. The van der Waals surface area contributed by atoms with E-state index in [0.29, 0.717) is 12.2 Å². The molecule has 10 heteroatoms. The second kappa shape index (κ2) is 8.83. The summed E-state index contributed by atoms with van der Waals surface area (Å²) in [5.41, 5.74) is 0.689. The predicted molar refractivity (Wildman–Crippen MR) is 116 cm³/mol. The molecular weight excluding hydrogens is 420 g/mol. The number of likely N-dealkylation sites (tertiary alicyclic amines) is 1. The number of rotatable bonds is 1. The fraction of sp³-hybridized carbons (Fsp3) is 0.381. The minimum atomic E-state index is -3.85. The number of urea groups is 1. The number of anilines is 1. The average Bonchev–Trinajstić information content (AvgIpc) is 3.17. The second-order valence-corrected chi connectivity index (χ2v) is 9.55. The summed E-state index contributed by atoms with van der Waals surface area (Å²) >= 11 is 0. The molecule has 2 aliphatic rings. The first kappa shape index (κ1) is 21.6. The van der Waals surface area contributed by atoms with Crippen LogP contribution in [0.2, 0.25) is 0 Å². The Hall–Kier alpha value is -2.66. The van der Waals surface area contributed by atoms with Crippen LogP contribution in [-0.2, 0) is 10.0 Å². The number of β-amino-alcohol motifs (C(OH)–C–C–N with tert-alkyl or cyclic N) is 1. The van der Waals surface area contributed by atoms with Crippen LogP contribution in [0.1, 0.15) is 0 Å². The Kier molecular flexibility index (Phi) is 6.15. The Morgan fingerprint density at radius 3 is 2.58 bits per heavy atom. The molecule has 3 atom stereocenters. The summed E-state index contributed by atoms with van der Waals surface area (Å²) in [6.07, 6.45) is -1.37. The van der Waals surface area contributed by atoms with E-state index in [1.165, 1.54) is 6.07 Å². The number of sulfonamides is 1. The molecule has 0 unspecified atom stereocenters. The van der Waals surface area contributed by atoms with E-state index >= 15 is 0 Å². The Balaban J connectivity index is 1.61. The molecule has 0 radical (unpaired) electrons. The lowest BCUT2D eigenvalue weighted by Gasteiger charge is -2.29. The summed E-state index contributed by atoms with van der Waals surface area (Å²) in [6.45, 7) is 0.786. The van der Waals surface area contributed by atoms with Crippen LogP contribution in [-0.4, -0.2) is 80.8 Å². The third-order valence-electron chi connectivity index (χ3n) is 5.54. The number of amides is 2. The lowest BCUT2D eigenvalue weighted by Crippen LogP contribution is -2.47. The van der Waals surface area contributed by atoms with E-state index in [2.05, 4.69) is 10.0 Å². The molecule has 166 valence electrons. The van der Waals surface area contributed by atoms with E-state index in [4.69, 9.17) is 4.74 Å². The second-order valence-electron chi connectivity index (χ2n) is 7.82. The zero-order valence-electron chi connectivity index (χ0n) is 17.1. The molecule has 2 aromatic carbocycles. The number of nitrogens with zero attached hydrogens (tertiary/aromatic N) is 2. The van der Waals surface area contributed by atoms with E-state index in [1.807, 2.05) is 42.3 Å². The number of carbonyl (C=O) groups is 1. The van der Waals surface area contributed by atoms with Gasteiger partial charge in [0.25, 0.3) is 0 Å². The molecule has 0 bridgehead atoms. The van der Waals surface area contributed by atoms with Crippen LogP contribution in [0.3, 0.4) is 0 Å². The van der Waals surface area contributed by atoms with Gasteiger partial charge < -0.3 is 20.1 Å². The highest BCUT2D eigenvalue weighted by Crippen LogP contribution is 2.29. The van der Waals surface area contributed by atoms with Crippen molar-refractivity contribution in [1.29, 1.82) is 0 Å². The fourth-order valence-corrected chi connectivity index (χ4v) is 5.14. The van der Waals surface area contributed by atoms with Crippen molar-refractivity contribution < 1.29 is 23.1 Å². The van der Waals surface area contributed by atoms with E-state index in [1.54, 1.807) is 23.1 Å². The molecule has 2 aliphatic heterocycles. The lowest BCUT2D eigenvalue weighted by atomic mass is 10.1. The van der Waals surface area contributed by atoms with Crippen LogP contribution >= 0.6 is 0 Å². The smallest absolute Gasteiger partial charge is 0.322 e. The number of aliphatic hydroxyl groups excluding tert-OH is 1. The SMILES string of the molecule is CN1C[C@@H](O)CNS(=O)(=O)c2ccccc2O[C@H]2CN(C(=O)Nc3ccccc3)C[C@H]21. The molecule has 2 aromatic rings. The highest BCUT2D eigenvalue weighted by molar-refractivity contribution is 7.89. The van der Waals surface area contributed by atoms with Crippen LogP contribution in [0.4, 0.5) is 10.5 Å². The first-order chi connectivity index (χ1) is 14.8. The van der Waals surface area contributed by atoms with Crippen molar-refractivity contribution in [3.05, 3.63) is 54.6 Å². The largest absolute Gasteiger partial charge is 0.485 e. The van der Waals surface area contributed by atoms with Gasteiger partial charge in [0.1, 0.15) is 16.7 Å². The van der Waals surface area contributed by atoms with Crippen molar-refractivity contribution in [2.45, 2.75) is 23.1 Å². The van der Waals surface area contributed by atoms with Gasteiger partial charge >= 0.3 is 6.03 Å². The van der Waals surface area contributed by atoms with Gasteiger partial charge in [-0.1, -0.05) is 30.3 Å². The summed E-state index contributed by atoms with van der Waals surface area (Å²) in [5, 5.41) is 13.2. The number of benzene rings is 2. The molecule has 0 aliphatic carbocycles. The van der Waals surface area contributed by atoms with Gasteiger partial charge in [0.05, 0.1) is 18.7 Å². The zero-order valence-corrected chi connectivity index (χ0v) is 18.0. The molecule has 2 heterocycles. The van der Waals surface area contributed by atoms with Crippen LogP contribution < -0.4 is 14.8 Å². The van der Waals surface area contributed by atoms with Gasteiger partial charge in [-0.2, -0.15) is 0 Å². The molecule has 3 N–H and O–H groups in total. The highest BCUT2D eigenvalue weighted by Gasteiger charge is 2.41. The van der Waals surface area contributed by atoms with E-state index in [9.17, 15) is 18.3 Å². The molecule has 0 spiro atoms. The first-order valence-corrected chi connectivity index (χ1v) is 11.6. The normalized spacial score (nSPS) is 26.1. The topological polar surface area (TPSA) is 111 Å². The Labute approximate surface area is 181 Å². The molecule has 2 amide bonds. The molecule has 9 nitrogen and oxygen atoms in total. The van der Waals surface area contributed by atoms with Crippen LogP contribution in [0.5, 0.6) is 5.75 Å². The Morgan fingerprint density at radius 1 is 1.10 bits per heavy atom. The number of hydrogen-bond donors (Lipinski definition) is 3. The number of nitrogens with one attached hydrogen (secondary N) is 2. The molecule has 0 saturated carbocycles. The number of fused-ring (bicyclic) bond motifs is 2. The van der Waals surface area contributed by atoms with Crippen LogP contribution in [0.25, 0.3) is 0 Å². The summed E-state index contributed by atoms with van der Waals surface area (Å²) in [6, 6.07) is 15.1. The first-order valence-electron chi connectivity index (χ1n) is 10.1. The van der Waals surface area contributed by atoms with Crippen molar-refractivity contribution in [2.75, 3.05) is 38.5 Å². The summed E-state index contributed by atoms with van der Waals surface area (Å²) in [5.74, 6) is 0.222. The quantitative estimate of drug-likeness (QED) is 0.601. The van der Waals surface area contributed by atoms with Crippen molar-refractivity contribution in [2.24, 2.45) is 0 Å². The summed E-state index contributed by atoms with van der Waals surface area (Å²) < 4.78 is 34.1. The minimum absolute atomic E-state index is 0.0118. The fourth-order valence-electron chi connectivity index (χ4n) is 3.93. The number of hydrogen-bond acceptors (Lipinski definition) is 6. The van der Waals surface area contributed by atoms with Crippen molar-refractivity contribution >= 4 is 21.7 Å². The van der Waals surface area contributed by atoms with Gasteiger partial charge in [-0.3, -0.25) is 4.90 Å². The minimum Gasteiger partial charge on any atom is -0.485 e. The molecule has 4 rings (SSSR count). The number of likely N-dealkylation sites (N-methyl/N-ethyl adjacent to an activating group) is 1. The summed E-state index contributed by atoms with van der Waals surface area (Å²) in [7, 11) is -2.02. The van der Waals surface area contributed by atoms with E-state index < -0.39 is 22.2 Å². The molecule has 1 fully saturated rings. The number of carbonyl (C=O) groups excluding carboxylic acids is 1. The lowest BCUT2D eigenvalue weighted by molar-refractivity contribution is 0.0713. The third kappa shape index (κ3) is 4.82. The zero-order chi connectivity index (χ0) is 22.0. The van der Waals surface area contributed by atoms with Crippen molar-refractivity contribution in [3.8, 4) is 5.75 Å².